The predicted octanol–water partition coefficient (Wildman–Crippen LogP) is 2.53. The third-order valence-electron chi connectivity index (χ3n) is 4.93. The van der Waals surface area contributed by atoms with Crippen molar-refractivity contribution in [1.82, 2.24) is 10.2 Å². The number of likely N-dealkylation sites (N-methyl/N-ethyl adjacent to an activating group) is 1. The number of nitrogens with zero attached hydrogens (tertiary/aromatic N) is 1. The van der Waals surface area contributed by atoms with Crippen molar-refractivity contribution in [2.75, 3.05) is 40.5 Å². The highest BCUT2D eigenvalue weighted by molar-refractivity contribution is 4.99. The van der Waals surface area contributed by atoms with Crippen LogP contribution in [-0.4, -0.2) is 63.5 Å². The van der Waals surface area contributed by atoms with Crippen LogP contribution in [0, 0.1) is 5.41 Å². The lowest BCUT2D eigenvalue weighted by atomic mass is 9.70. The molecule has 4 nitrogen and oxygen atoms in total. The summed E-state index contributed by atoms with van der Waals surface area (Å²) in [6, 6.07) is 1.52. The van der Waals surface area contributed by atoms with E-state index in [-0.39, 0.29) is 0 Å². The van der Waals surface area contributed by atoms with Crippen LogP contribution >= 0.6 is 0 Å². The molecule has 0 saturated heterocycles. The van der Waals surface area contributed by atoms with Crippen molar-refractivity contribution in [2.24, 2.45) is 5.41 Å². The van der Waals surface area contributed by atoms with Gasteiger partial charge in [-0.05, 0) is 31.7 Å². The molecule has 1 fully saturated rings. The lowest BCUT2D eigenvalue weighted by molar-refractivity contribution is -0.00713. The SMILES string of the molecule is CCNC1C(N(CCOC)C(C)COC)CCCC1(C)C. The highest BCUT2D eigenvalue weighted by Crippen LogP contribution is 2.38. The summed E-state index contributed by atoms with van der Waals surface area (Å²) in [4.78, 5) is 2.60. The van der Waals surface area contributed by atoms with Crippen LogP contribution in [0.5, 0.6) is 0 Å². The van der Waals surface area contributed by atoms with Crippen molar-refractivity contribution in [1.29, 1.82) is 0 Å². The van der Waals surface area contributed by atoms with E-state index in [1.807, 2.05) is 0 Å². The van der Waals surface area contributed by atoms with Gasteiger partial charge in [0.05, 0.1) is 13.2 Å². The van der Waals surface area contributed by atoms with E-state index in [0.29, 0.717) is 23.5 Å². The van der Waals surface area contributed by atoms with E-state index in [4.69, 9.17) is 9.47 Å². The molecule has 0 aromatic rings. The standard InChI is InChI=1S/C17H36N2O2/c1-7-18-16-15(9-8-10-17(16,3)4)19(11-12-20-5)14(2)13-21-6/h14-16,18H,7-13H2,1-6H3. The van der Waals surface area contributed by atoms with Gasteiger partial charge in [0.1, 0.15) is 0 Å². The second-order valence-electron chi connectivity index (χ2n) is 7.02. The van der Waals surface area contributed by atoms with Gasteiger partial charge in [-0.2, -0.15) is 0 Å². The summed E-state index contributed by atoms with van der Waals surface area (Å²) in [5.41, 5.74) is 0.344. The van der Waals surface area contributed by atoms with Gasteiger partial charge in [-0.3, -0.25) is 4.90 Å². The Morgan fingerprint density at radius 2 is 2.00 bits per heavy atom. The average Bonchev–Trinajstić information content (AvgIpc) is 2.42. The second kappa shape index (κ2) is 9.09. The Balaban J connectivity index is 2.89. The first kappa shape index (κ1) is 18.9. The first-order valence-electron chi connectivity index (χ1n) is 8.45. The Morgan fingerprint density at radius 1 is 1.29 bits per heavy atom. The van der Waals surface area contributed by atoms with E-state index in [2.05, 4.69) is 37.9 Å². The van der Waals surface area contributed by atoms with E-state index in [0.717, 1.165) is 26.3 Å². The summed E-state index contributed by atoms with van der Waals surface area (Å²) in [5.74, 6) is 0. The molecule has 0 spiro atoms. The average molecular weight is 300 g/mol. The smallest absolute Gasteiger partial charge is 0.0615 e. The number of nitrogens with one attached hydrogen (secondary N) is 1. The molecular formula is C17H36N2O2. The zero-order valence-corrected chi connectivity index (χ0v) is 14.9. The summed E-state index contributed by atoms with van der Waals surface area (Å²) in [6.07, 6.45) is 3.87. The molecule has 0 aromatic carbocycles. The van der Waals surface area contributed by atoms with Gasteiger partial charge in [-0.1, -0.05) is 27.2 Å². The van der Waals surface area contributed by atoms with Gasteiger partial charge in [-0.15, -0.1) is 0 Å². The molecule has 1 rings (SSSR count). The van der Waals surface area contributed by atoms with E-state index in [1.54, 1.807) is 14.2 Å². The third kappa shape index (κ3) is 5.20. The maximum atomic E-state index is 5.40. The summed E-state index contributed by atoms with van der Waals surface area (Å²) < 4.78 is 10.7. The summed E-state index contributed by atoms with van der Waals surface area (Å²) in [6.45, 7) is 12.8. The van der Waals surface area contributed by atoms with Crippen LogP contribution < -0.4 is 5.32 Å². The first-order valence-corrected chi connectivity index (χ1v) is 8.45. The van der Waals surface area contributed by atoms with Gasteiger partial charge in [0, 0.05) is 38.9 Å². The van der Waals surface area contributed by atoms with Crippen LogP contribution in [0.25, 0.3) is 0 Å². The van der Waals surface area contributed by atoms with Gasteiger partial charge < -0.3 is 14.8 Å². The van der Waals surface area contributed by atoms with Gasteiger partial charge in [-0.25, -0.2) is 0 Å². The van der Waals surface area contributed by atoms with Crippen molar-refractivity contribution < 1.29 is 9.47 Å². The number of rotatable bonds is 9. The van der Waals surface area contributed by atoms with E-state index in [9.17, 15) is 0 Å². The van der Waals surface area contributed by atoms with Crippen LogP contribution in [0.2, 0.25) is 0 Å². The van der Waals surface area contributed by atoms with Gasteiger partial charge >= 0.3 is 0 Å². The minimum atomic E-state index is 0.344. The molecule has 1 saturated carbocycles. The highest BCUT2D eigenvalue weighted by Gasteiger charge is 2.41. The molecule has 1 aliphatic rings. The molecule has 3 unspecified atom stereocenters. The molecule has 0 amide bonds. The lowest BCUT2D eigenvalue weighted by Crippen LogP contribution is -2.61. The third-order valence-corrected chi connectivity index (χ3v) is 4.93. The quantitative estimate of drug-likeness (QED) is 0.709. The van der Waals surface area contributed by atoms with Crippen LogP contribution in [0.15, 0.2) is 0 Å². The number of ether oxygens (including phenoxy) is 2. The monoisotopic (exact) mass is 300 g/mol. The number of hydrogen-bond acceptors (Lipinski definition) is 4. The van der Waals surface area contributed by atoms with Crippen molar-refractivity contribution in [3.8, 4) is 0 Å². The largest absolute Gasteiger partial charge is 0.383 e. The normalized spacial score (nSPS) is 27.0. The number of hydrogen-bond donors (Lipinski definition) is 1. The van der Waals surface area contributed by atoms with E-state index < -0.39 is 0 Å². The Bertz CT molecular complexity index is 284. The maximum Gasteiger partial charge on any atom is 0.0615 e. The Hall–Kier alpha value is -0.160. The van der Waals surface area contributed by atoms with Crippen LogP contribution in [0.1, 0.15) is 47.0 Å². The van der Waals surface area contributed by atoms with Crippen molar-refractivity contribution in [2.45, 2.75) is 65.1 Å². The van der Waals surface area contributed by atoms with Crippen molar-refractivity contribution in [3.05, 3.63) is 0 Å². The molecule has 0 heterocycles. The summed E-state index contributed by atoms with van der Waals surface area (Å²) in [5, 5.41) is 3.76. The minimum Gasteiger partial charge on any atom is -0.383 e. The first-order chi connectivity index (χ1) is 9.97. The molecule has 126 valence electrons. The Kier molecular flexibility index (Phi) is 8.17. The lowest BCUT2D eigenvalue weighted by Gasteiger charge is -2.50. The topological polar surface area (TPSA) is 33.7 Å². The predicted molar refractivity (Wildman–Crippen MR) is 88.8 cm³/mol. The zero-order chi connectivity index (χ0) is 15.9. The molecule has 0 aromatic heterocycles. The van der Waals surface area contributed by atoms with E-state index in [1.165, 1.54) is 19.3 Å². The fraction of sp³-hybridized carbons (Fsp3) is 1.00. The summed E-state index contributed by atoms with van der Waals surface area (Å²) in [7, 11) is 3.57. The highest BCUT2D eigenvalue weighted by atomic mass is 16.5. The minimum absolute atomic E-state index is 0.344. The molecule has 1 aliphatic carbocycles. The molecule has 0 aliphatic heterocycles. The summed E-state index contributed by atoms with van der Waals surface area (Å²) >= 11 is 0. The van der Waals surface area contributed by atoms with Crippen LogP contribution in [0.4, 0.5) is 0 Å². The van der Waals surface area contributed by atoms with Gasteiger partial charge in [0.2, 0.25) is 0 Å². The molecule has 3 atom stereocenters. The maximum absolute atomic E-state index is 5.40. The van der Waals surface area contributed by atoms with Crippen molar-refractivity contribution in [3.63, 3.8) is 0 Å². The fourth-order valence-corrected chi connectivity index (χ4v) is 3.85. The number of methoxy groups -OCH3 is 2. The van der Waals surface area contributed by atoms with Gasteiger partial charge in [0.25, 0.3) is 0 Å². The second-order valence-corrected chi connectivity index (χ2v) is 7.02. The molecular weight excluding hydrogens is 264 g/mol. The fourth-order valence-electron chi connectivity index (χ4n) is 3.85. The Labute approximate surface area is 131 Å². The zero-order valence-electron chi connectivity index (χ0n) is 14.9. The Morgan fingerprint density at radius 3 is 2.57 bits per heavy atom. The molecule has 0 radical (unpaired) electrons. The van der Waals surface area contributed by atoms with Crippen LogP contribution in [0.3, 0.4) is 0 Å². The molecule has 4 heteroatoms. The molecule has 21 heavy (non-hydrogen) atoms. The van der Waals surface area contributed by atoms with Gasteiger partial charge in [0.15, 0.2) is 0 Å². The van der Waals surface area contributed by atoms with Crippen LogP contribution in [-0.2, 0) is 9.47 Å². The van der Waals surface area contributed by atoms with E-state index >= 15 is 0 Å². The molecule has 0 bridgehead atoms. The molecule has 1 N–H and O–H groups in total. The van der Waals surface area contributed by atoms with Crippen molar-refractivity contribution >= 4 is 0 Å².